The van der Waals surface area contributed by atoms with Gasteiger partial charge in [-0.15, -0.1) is 0 Å². The smallest absolute Gasteiger partial charge is 0.258 e. The van der Waals surface area contributed by atoms with E-state index < -0.39 is 12.0 Å². The van der Waals surface area contributed by atoms with Gasteiger partial charge >= 0.3 is 0 Å². The first-order chi connectivity index (χ1) is 7.56. The number of halogens is 1. The highest BCUT2D eigenvalue weighted by atomic mass is 79.9. The highest BCUT2D eigenvalue weighted by Gasteiger charge is 2.15. The van der Waals surface area contributed by atoms with Gasteiger partial charge in [0.1, 0.15) is 5.75 Å². The number of hydrogen-bond acceptors (Lipinski definition) is 3. The number of nitrogens with one attached hydrogen (secondary N) is 1. The topological polar surface area (TPSA) is 64.3 Å². The summed E-state index contributed by atoms with van der Waals surface area (Å²) in [4.78, 5) is 11.0. The SMILES string of the molecule is CNCc1cccc(Br)c1OC(C)C(N)=O. The second-order valence-electron chi connectivity index (χ2n) is 3.42. The van der Waals surface area contributed by atoms with Crippen molar-refractivity contribution in [2.45, 2.75) is 19.6 Å². The molecule has 1 unspecified atom stereocenters. The molecule has 0 aliphatic carbocycles. The zero-order chi connectivity index (χ0) is 12.1. The molecular weight excluding hydrogens is 272 g/mol. The number of carbonyl (C=O) groups is 1. The molecule has 0 aromatic heterocycles. The highest BCUT2D eigenvalue weighted by Crippen LogP contribution is 2.29. The van der Waals surface area contributed by atoms with Crippen LogP contribution in [0.2, 0.25) is 0 Å². The van der Waals surface area contributed by atoms with E-state index in [9.17, 15) is 4.79 Å². The number of rotatable bonds is 5. The van der Waals surface area contributed by atoms with Gasteiger partial charge in [0, 0.05) is 12.1 Å². The minimum absolute atomic E-state index is 0.480. The van der Waals surface area contributed by atoms with Crippen molar-refractivity contribution in [3.05, 3.63) is 28.2 Å². The Bertz CT molecular complexity index is 382. The van der Waals surface area contributed by atoms with E-state index >= 15 is 0 Å². The fourth-order valence-corrected chi connectivity index (χ4v) is 1.75. The maximum Gasteiger partial charge on any atom is 0.258 e. The zero-order valence-corrected chi connectivity index (χ0v) is 10.9. The van der Waals surface area contributed by atoms with Gasteiger partial charge < -0.3 is 15.8 Å². The van der Waals surface area contributed by atoms with E-state index in [-0.39, 0.29) is 0 Å². The van der Waals surface area contributed by atoms with Gasteiger partial charge in [0.05, 0.1) is 4.47 Å². The first-order valence-corrected chi connectivity index (χ1v) is 5.73. The molecule has 0 saturated carbocycles. The molecule has 0 radical (unpaired) electrons. The number of ether oxygens (including phenoxy) is 1. The van der Waals surface area contributed by atoms with Crippen LogP contribution < -0.4 is 15.8 Å². The lowest BCUT2D eigenvalue weighted by atomic mass is 10.2. The molecule has 0 bridgehead atoms. The molecule has 0 heterocycles. The predicted octanol–water partition coefficient (Wildman–Crippen LogP) is 1.42. The van der Waals surface area contributed by atoms with Crippen LogP contribution in [0.3, 0.4) is 0 Å². The van der Waals surface area contributed by atoms with E-state index in [2.05, 4.69) is 21.2 Å². The summed E-state index contributed by atoms with van der Waals surface area (Å²) in [5, 5.41) is 3.04. The lowest BCUT2D eigenvalue weighted by Crippen LogP contribution is -2.31. The van der Waals surface area contributed by atoms with Crippen LogP contribution in [0.15, 0.2) is 22.7 Å². The Morgan fingerprint density at radius 2 is 2.31 bits per heavy atom. The third kappa shape index (κ3) is 3.21. The summed E-state index contributed by atoms with van der Waals surface area (Å²) in [6.45, 7) is 2.30. The summed E-state index contributed by atoms with van der Waals surface area (Å²) in [5.74, 6) is 0.175. The Kier molecular flexibility index (Phi) is 4.76. The van der Waals surface area contributed by atoms with E-state index in [1.165, 1.54) is 0 Å². The van der Waals surface area contributed by atoms with Crippen molar-refractivity contribution in [3.63, 3.8) is 0 Å². The number of nitrogens with two attached hydrogens (primary N) is 1. The summed E-state index contributed by atoms with van der Waals surface area (Å²) < 4.78 is 6.34. The van der Waals surface area contributed by atoms with Crippen LogP contribution in [0.4, 0.5) is 0 Å². The van der Waals surface area contributed by atoms with Crippen LogP contribution in [0.25, 0.3) is 0 Å². The fourth-order valence-electron chi connectivity index (χ4n) is 1.25. The van der Waals surface area contributed by atoms with Gasteiger partial charge in [0.15, 0.2) is 6.10 Å². The average Bonchev–Trinajstić information content (AvgIpc) is 2.23. The zero-order valence-electron chi connectivity index (χ0n) is 9.29. The molecule has 4 nitrogen and oxygen atoms in total. The standard InChI is InChI=1S/C11H15BrN2O2/c1-7(11(13)15)16-10-8(6-14-2)4-3-5-9(10)12/h3-5,7,14H,6H2,1-2H3,(H2,13,15). The van der Waals surface area contributed by atoms with Gasteiger partial charge in [-0.1, -0.05) is 12.1 Å². The molecule has 1 atom stereocenters. The Labute approximate surface area is 103 Å². The maximum atomic E-state index is 11.0. The van der Waals surface area contributed by atoms with Crippen molar-refractivity contribution in [3.8, 4) is 5.75 Å². The minimum Gasteiger partial charge on any atom is -0.479 e. The summed E-state index contributed by atoms with van der Waals surface area (Å²) in [6.07, 6.45) is -0.644. The first-order valence-electron chi connectivity index (χ1n) is 4.94. The Morgan fingerprint density at radius 1 is 1.62 bits per heavy atom. The lowest BCUT2D eigenvalue weighted by molar-refractivity contribution is -0.124. The normalized spacial score (nSPS) is 12.2. The van der Waals surface area contributed by atoms with E-state index in [0.29, 0.717) is 12.3 Å². The summed E-state index contributed by atoms with van der Waals surface area (Å²) in [7, 11) is 1.85. The summed E-state index contributed by atoms with van der Waals surface area (Å²) >= 11 is 3.39. The van der Waals surface area contributed by atoms with E-state index in [1.807, 2.05) is 25.2 Å². The van der Waals surface area contributed by atoms with Gasteiger partial charge in [-0.25, -0.2) is 0 Å². The van der Waals surface area contributed by atoms with Crippen LogP contribution in [-0.4, -0.2) is 19.1 Å². The minimum atomic E-state index is -0.644. The van der Waals surface area contributed by atoms with Crippen LogP contribution in [0.5, 0.6) is 5.75 Å². The molecule has 0 spiro atoms. The molecule has 88 valence electrons. The molecule has 0 fully saturated rings. The molecular formula is C11H15BrN2O2. The number of carbonyl (C=O) groups excluding carboxylic acids is 1. The number of para-hydroxylation sites is 1. The van der Waals surface area contributed by atoms with Crippen molar-refractivity contribution in [1.29, 1.82) is 0 Å². The van der Waals surface area contributed by atoms with Gasteiger partial charge in [-0.05, 0) is 36.0 Å². The second kappa shape index (κ2) is 5.86. The average molecular weight is 287 g/mol. The summed E-state index contributed by atoms with van der Waals surface area (Å²) in [5.41, 5.74) is 6.14. The quantitative estimate of drug-likeness (QED) is 0.861. The van der Waals surface area contributed by atoms with E-state index in [0.717, 1.165) is 10.0 Å². The van der Waals surface area contributed by atoms with Crippen LogP contribution in [-0.2, 0) is 11.3 Å². The Morgan fingerprint density at radius 3 is 2.88 bits per heavy atom. The molecule has 0 saturated heterocycles. The lowest BCUT2D eigenvalue weighted by Gasteiger charge is -2.16. The monoisotopic (exact) mass is 286 g/mol. The van der Waals surface area contributed by atoms with Crippen LogP contribution in [0, 0.1) is 0 Å². The fraction of sp³-hybridized carbons (Fsp3) is 0.364. The Balaban J connectivity index is 2.96. The molecule has 1 rings (SSSR count). The third-order valence-corrected chi connectivity index (χ3v) is 2.74. The summed E-state index contributed by atoms with van der Waals surface area (Å²) in [6, 6.07) is 5.71. The predicted molar refractivity (Wildman–Crippen MR) is 66.2 cm³/mol. The van der Waals surface area contributed by atoms with Gasteiger partial charge in [0.25, 0.3) is 5.91 Å². The molecule has 1 amide bonds. The number of amides is 1. The number of benzene rings is 1. The molecule has 3 N–H and O–H groups in total. The van der Waals surface area contributed by atoms with E-state index in [4.69, 9.17) is 10.5 Å². The van der Waals surface area contributed by atoms with Crippen LogP contribution in [0.1, 0.15) is 12.5 Å². The Hall–Kier alpha value is -1.07. The van der Waals surface area contributed by atoms with Crippen molar-refractivity contribution in [2.24, 2.45) is 5.73 Å². The molecule has 5 heteroatoms. The molecule has 1 aromatic carbocycles. The van der Waals surface area contributed by atoms with E-state index in [1.54, 1.807) is 6.92 Å². The third-order valence-electron chi connectivity index (χ3n) is 2.11. The van der Waals surface area contributed by atoms with Gasteiger partial charge in [0.2, 0.25) is 0 Å². The first kappa shape index (κ1) is 13.0. The maximum absolute atomic E-state index is 11.0. The van der Waals surface area contributed by atoms with Crippen molar-refractivity contribution >= 4 is 21.8 Å². The van der Waals surface area contributed by atoms with Gasteiger partial charge in [-0.3, -0.25) is 4.79 Å². The molecule has 16 heavy (non-hydrogen) atoms. The van der Waals surface area contributed by atoms with Crippen LogP contribution >= 0.6 is 15.9 Å². The molecule has 0 aliphatic rings. The second-order valence-corrected chi connectivity index (χ2v) is 4.28. The van der Waals surface area contributed by atoms with Gasteiger partial charge in [-0.2, -0.15) is 0 Å². The largest absolute Gasteiger partial charge is 0.479 e. The van der Waals surface area contributed by atoms with Crippen molar-refractivity contribution in [1.82, 2.24) is 5.32 Å². The number of primary amides is 1. The molecule has 0 aliphatic heterocycles. The molecule has 1 aromatic rings. The number of hydrogen-bond donors (Lipinski definition) is 2. The van der Waals surface area contributed by atoms with Crippen molar-refractivity contribution in [2.75, 3.05) is 7.05 Å². The highest BCUT2D eigenvalue weighted by molar-refractivity contribution is 9.10. The van der Waals surface area contributed by atoms with Crippen molar-refractivity contribution < 1.29 is 9.53 Å².